The van der Waals surface area contributed by atoms with E-state index in [-0.39, 0.29) is 37.2 Å². The average molecular weight is 502 g/mol. The molecule has 0 radical (unpaired) electrons. The monoisotopic (exact) mass is 501 g/mol. The predicted octanol–water partition coefficient (Wildman–Crippen LogP) is -1.62. The van der Waals surface area contributed by atoms with Gasteiger partial charge in [-0.3, -0.25) is 19.4 Å². The Morgan fingerprint density at radius 1 is 0.914 bits per heavy atom. The molecule has 0 aliphatic rings. The number of aliphatic imine (C=N–C) groups is 1. The molecule has 0 saturated heterocycles. The van der Waals surface area contributed by atoms with Crippen molar-refractivity contribution in [2.24, 2.45) is 34.0 Å². The van der Waals surface area contributed by atoms with Gasteiger partial charge >= 0.3 is 5.97 Å². The summed E-state index contributed by atoms with van der Waals surface area (Å²) in [6, 6.07) is -4.54. The maximum Gasteiger partial charge on any atom is 0.326 e. The van der Waals surface area contributed by atoms with Crippen molar-refractivity contribution in [3.63, 3.8) is 0 Å². The summed E-state index contributed by atoms with van der Waals surface area (Å²) in [4.78, 5) is 53.7. The molecule has 13 heteroatoms. The predicted molar refractivity (Wildman–Crippen MR) is 132 cm³/mol. The fraction of sp³-hybridized carbons (Fsp3) is 0.773. The van der Waals surface area contributed by atoms with E-state index in [9.17, 15) is 29.4 Å². The lowest BCUT2D eigenvalue weighted by molar-refractivity contribution is -0.144. The molecule has 0 aliphatic carbocycles. The minimum absolute atomic E-state index is 0.0174. The van der Waals surface area contributed by atoms with E-state index in [4.69, 9.17) is 17.2 Å². The fourth-order valence-electron chi connectivity index (χ4n) is 3.22. The molecule has 0 saturated carbocycles. The lowest BCUT2D eigenvalue weighted by Crippen LogP contribution is -2.60. The molecule has 0 fully saturated rings. The molecule has 0 aromatic rings. The van der Waals surface area contributed by atoms with E-state index in [0.717, 1.165) is 0 Å². The summed E-state index contributed by atoms with van der Waals surface area (Å²) in [5.41, 5.74) is 16.4. The van der Waals surface area contributed by atoms with Crippen molar-refractivity contribution in [1.82, 2.24) is 16.0 Å². The quantitative estimate of drug-likeness (QED) is 0.0688. The number of carbonyl (C=O) groups excluding carboxylic acids is 3. The van der Waals surface area contributed by atoms with Crippen molar-refractivity contribution in [3.8, 4) is 0 Å². The third-order valence-corrected chi connectivity index (χ3v) is 5.48. The minimum atomic E-state index is -1.38. The van der Waals surface area contributed by atoms with Gasteiger partial charge in [0, 0.05) is 6.54 Å². The summed E-state index contributed by atoms with van der Waals surface area (Å²) in [5, 5.41) is 27.0. The molecule has 3 amide bonds. The smallest absolute Gasteiger partial charge is 0.326 e. The average Bonchev–Trinajstić information content (AvgIpc) is 2.75. The van der Waals surface area contributed by atoms with Crippen molar-refractivity contribution in [1.29, 1.82) is 0 Å². The van der Waals surface area contributed by atoms with Crippen molar-refractivity contribution >= 4 is 29.7 Å². The number of amides is 3. The Bertz CT molecular complexity index is 740. The SMILES string of the molecule is CCC(C)C(NC(=O)C(CC(C)C)NC(=O)C(NC(=O)C(N)CCCN=C(N)N)C(C)O)C(=O)O. The molecule has 6 atom stereocenters. The molecule has 35 heavy (non-hydrogen) atoms. The van der Waals surface area contributed by atoms with Gasteiger partial charge in [-0.05, 0) is 38.0 Å². The lowest BCUT2D eigenvalue weighted by atomic mass is 9.97. The van der Waals surface area contributed by atoms with Crippen LogP contribution in [0.3, 0.4) is 0 Å². The van der Waals surface area contributed by atoms with Crippen LogP contribution >= 0.6 is 0 Å². The van der Waals surface area contributed by atoms with Crippen molar-refractivity contribution in [2.75, 3.05) is 6.54 Å². The zero-order valence-electron chi connectivity index (χ0n) is 21.3. The molecular weight excluding hydrogens is 458 g/mol. The van der Waals surface area contributed by atoms with Crippen LogP contribution in [0.4, 0.5) is 0 Å². The molecule has 0 spiro atoms. The number of carboxylic acid groups (broad SMARTS) is 1. The highest BCUT2D eigenvalue weighted by Crippen LogP contribution is 2.11. The van der Waals surface area contributed by atoms with Gasteiger partial charge in [-0.2, -0.15) is 0 Å². The molecule has 202 valence electrons. The Hall–Kier alpha value is -2.93. The van der Waals surface area contributed by atoms with Gasteiger partial charge in [0.2, 0.25) is 17.7 Å². The largest absolute Gasteiger partial charge is 0.480 e. The molecule has 13 nitrogen and oxygen atoms in total. The Labute approximate surface area is 206 Å². The highest BCUT2D eigenvalue weighted by atomic mass is 16.4. The van der Waals surface area contributed by atoms with Crippen molar-refractivity contribution in [3.05, 3.63) is 0 Å². The standard InChI is InChI=1S/C22H43N7O6/c1-6-12(4)16(21(34)35)28-19(32)15(10-11(2)3)27-20(33)17(13(5)30)29-18(31)14(23)8-7-9-26-22(24)25/h11-17,30H,6-10,23H2,1-5H3,(H,27,33)(H,28,32)(H,29,31)(H,34,35)(H4,24,25,26). The van der Waals surface area contributed by atoms with E-state index in [0.29, 0.717) is 12.8 Å². The van der Waals surface area contributed by atoms with Gasteiger partial charge in [-0.15, -0.1) is 0 Å². The topological polar surface area (TPSA) is 235 Å². The highest BCUT2D eigenvalue weighted by Gasteiger charge is 2.33. The Balaban J connectivity index is 5.36. The van der Waals surface area contributed by atoms with Crippen molar-refractivity contribution < 1.29 is 29.4 Å². The Kier molecular flexibility index (Phi) is 14.5. The third kappa shape index (κ3) is 12.4. The molecule has 0 aromatic carbocycles. The highest BCUT2D eigenvalue weighted by molar-refractivity contribution is 5.94. The summed E-state index contributed by atoms with van der Waals surface area (Å²) >= 11 is 0. The number of guanidine groups is 1. The van der Waals surface area contributed by atoms with Crippen LogP contribution in [0.1, 0.15) is 60.3 Å². The molecule has 0 aromatic heterocycles. The number of hydrogen-bond acceptors (Lipinski definition) is 7. The number of nitrogens with one attached hydrogen (secondary N) is 3. The molecule has 0 rings (SSSR count). The van der Waals surface area contributed by atoms with Gasteiger partial charge < -0.3 is 43.4 Å². The number of nitrogens with two attached hydrogens (primary N) is 3. The van der Waals surface area contributed by atoms with Crippen LogP contribution in [0.2, 0.25) is 0 Å². The van der Waals surface area contributed by atoms with E-state index < -0.39 is 54.0 Å². The Morgan fingerprint density at radius 2 is 1.49 bits per heavy atom. The first-order valence-electron chi connectivity index (χ1n) is 11.8. The third-order valence-electron chi connectivity index (χ3n) is 5.48. The fourth-order valence-corrected chi connectivity index (χ4v) is 3.22. The summed E-state index contributed by atoms with van der Waals surface area (Å²) in [7, 11) is 0. The first-order valence-corrected chi connectivity index (χ1v) is 11.8. The molecular formula is C22H43N7O6. The van der Waals surface area contributed by atoms with Crippen LogP contribution in [-0.4, -0.2) is 76.7 Å². The first kappa shape index (κ1) is 32.1. The van der Waals surface area contributed by atoms with Gasteiger partial charge in [0.05, 0.1) is 12.1 Å². The lowest BCUT2D eigenvalue weighted by Gasteiger charge is -2.28. The molecule has 11 N–H and O–H groups in total. The van der Waals surface area contributed by atoms with Crippen LogP contribution < -0.4 is 33.2 Å². The van der Waals surface area contributed by atoms with E-state index in [1.165, 1.54) is 6.92 Å². The minimum Gasteiger partial charge on any atom is -0.480 e. The van der Waals surface area contributed by atoms with E-state index in [1.807, 2.05) is 20.8 Å². The van der Waals surface area contributed by atoms with Crippen LogP contribution in [0.5, 0.6) is 0 Å². The van der Waals surface area contributed by atoms with Crippen LogP contribution in [0.15, 0.2) is 4.99 Å². The molecule has 0 aliphatic heterocycles. The number of aliphatic hydroxyl groups is 1. The number of aliphatic carboxylic acids is 1. The number of nitrogens with zero attached hydrogens (tertiary/aromatic N) is 1. The number of hydrogen-bond donors (Lipinski definition) is 8. The number of carbonyl (C=O) groups is 4. The number of rotatable bonds is 16. The normalized spacial score (nSPS) is 16.2. The van der Waals surface area contributed by atoms with Crippen molar-refractivity contribution in [2.45, 2.75) is 90.6 Å². The second-order valence-electron chi connectivity index (χ2n) is 9.18. The summed E-state index contributed by atoms with van der Waals surface area (Å²) in [6.45, 7) is 8.78. The Morgan fingerprint density at radius 3 is 1.94 bits per heavy atom. The van der Waals surface area contributed by atoms with E-state index in [1.54, 1.807) is 6.92 Å². The van der Waals surface area contributed by atoms with Gasteiger partial charge in [-0.1, -0.05) is 34.1 Å². The maximum absolute atomic E-state index is 12.9. The van der Waals surface area contributed by atoms with E-state index in [2.05, 4.69) is 20.9 Å². The summed E-state index contributed by atoms with van der Waals surface area (Å²) in [6.07, 6.45) is 0.120. The maximum atomic E-state index is 12.9. The summed E-state index contributed by atoms with van der Waals surface area (Å²) < 4.78 is 0. The van der Waals surface area contributed by atoms with E-state index >= 15 is 0 Å². The first-order chi connectivity index (χ1) is 16.2. The zero-order chi connectivity index (χ0) is 27.3. The van der Waals surface area contributed by atoms with Crippen LogP contribution in [0, 0.1) is 11.8 Å². The van der Waals surface area contributed by atoms with Crippen LogP contribution in [0.25, 0.3) is 0 Å². The molecule has 0 heterocycles. The van der Waals surface area contributed by atoms with Gasteiger partial charge in [0.25, 0.3) is 0 Å². The molecule has 0 bridgehead atoms. The number of carboxylic acids is 1. The second-order valence-corrected chi connectivity index (χ2v) is 9.18. The summed E-state index contributed by atoms with van der Waals surface area (Å²) in [5.74, 6) is -3.72. The van der Waals surface area contributed by atoms with Gasteiger partial charge in [-0.25, -0.2) is 4.79 Å². The van der Waals surface area contributed by atoms with Crippen LogP contribution in [-0.2, 0) is 19.2 Å². The number of aliphatic hydroxyl groups excluding tert-OH is 1. The zero-order valence-corrected chi connectivity index (χ0v) is 21.3. The van der Waals surface area contributed by atoms with Gasteiger partial charge in [0.1, 0.15) is 18.1 Å². The van der Waals surface area contributed by atoms with Gasteiger partial charge in [0.15, 0.2) is 5.96 Å². The molecule has 6 unspecified atom stereocenters. The second kappa shape index (κ2) is 15.9.